The minimum Gasteiger partial charge on any atom is -0.491 e. The molecule has 0 saturated heterocycles. The van der Waals surface area contributed by atoms with E-state index in [1.807, 2.05) is 18.2 Å². The van der Waals surface area contributed by atoms with E-state index in [1.54, 1.807) is 0 Å². The third-order valence-corrected chi connectivity index (χ3v) is 3.23. The molecule has 0 heterocycles. The van der Waals surface area contributed by atoms with Gasteiger partial charge in [-0.2, -0.15) is 0 Å². The van der Waals surface area contributed by atoms with Gasteiger partial charge in [0, 0.05) is 24.8 Å². The summed E-state index contributed by atoms with van der Waals surface area (Å²) in [5.74, 6) is 1.71. The van der Waals surface area contributed by atoms with E-state index in [9.17, 15) is 0 Å². The smallest absolute Gasteiger partial charge is 0.123 e. The Kier molecular flexibility index (Phi) is 9.11. The van der Waals surface area contributed by atoms with E-state index in [0.29, 0.717) is 19.3 Å². The Bertz CT molecular complexity index is 377. The monoisotopic (exact) mass is 293 g/mol. The molecule has 0 aliphatic rings. The van der Waals surface area contributed by atoms with Crippen LogP contribution >= 0.6 is 0 Å². The van der Waals surface area contributed by atoms with Crippen LogP contribution < -0.4 is 10.1 Å². The van der Waals surface area contributed by atoms with Crippen molar-refractivity contribution in [2.45, 2.75) is 53.1 Å². The number of rotatable bonds is 11. The Morgan fingerprint density at radius 1 is 1.00 bits per heavy atom. The Morgan fingerprint density at radius 2 is 1.76 bits per heavy atom. The van der Waals surface area contributed by atoms with Crippen LogP contribution in [-0.4, -0.2) is 25.9 Å². The van der Waals surface area contributed by atoms with Gasteiger partial charge in [-0.3, -0.25) is 0 Å². The van der Waals surface area contributed by atoms with Crippen LogP contribution in [0.15, 0.2) is 24.3 Å². The number of hydrogen-bond acceptors (Lipinski definition) is 3. The highest BCUT2D eigenvalue weighted by Crippen LogP contribution is 2.17. The van der Waals surface area contributed by atoms with Crippen molar-refractivity contribution >= 4 is 0 Å². The Balaban J connectivity index is 2.22. The SMILES string of the molecule is CC(C)CCCOCCOc1ccccc1CNC(C)C. The Hall–Kier alpha value is -1.06. The van der Waals surface area contributed by atoms with Gasteiger partial charge in [0.15, 0.2) is 0 Å². The maximum atomic E-state index is 5.83. The van der Waals surface area contributed by atoms with E-state index in [4.69, 9.17) is 9.47 Å². The first-order valence-electron chi connectivity index (χ1n) is 8.11. The molecule has 0 bridgehead atoms. The van der Waals surface area contributed by atoms with Gasteiger partial charge in [0.2, 0.25) is 0 Å². The molecule has 1 rings (SSSR count). The summed E-state index contributed by atoms with van der Waals surface area (Å²) >= 11 is 0. The molecule has 3 heteroatoms. The van der Waals surface area contributed by atoms with Crippen LogP contribution in [0.25, 0.3) is 0 Å². The summed E-state index contributed by atoms with van der Waals surface area (Å²) in [6.45, 7) is 11.7. The van der Waals surface area contributed by atoms with Gasteiger partial charge in [0.05, 0.1) is 6.61 Å². The zero-order chi connectivity index (χ0) is 15.5. The molecular weight excluding hydrogens is 262 g/mol. The van der Waals surface area contributed by atoms with Crippen LogP contribution in [0.4, 0.5) is 0 Å². The molecule has 0 aliphatic heterocycles. The van der Waals surface area contributed by atoms with E-state index in [0.717, 1.165) is 31.2 Å². The highest BCUT2D eigenvalue weighted by atomic mass is 16.5. The molecule has 0 unspecified atom stereocenters. The van der Waals surface area contributed by atoms with Crippen molar-refractivity contribution in [1.82, 2.24) is 5.32 Å². The van der Waals surface area contributed by atoms with E-state index in [2.05, 4.69) is 39.1 Å². The second kappa shape index (κ2) is 10.6. The van der Waals surface area contributed by atoms with Crippen molar-refractivity contribution in [3.05, 3.63) is 29.8 Å². The van der Waals surface area contributed by atoms with Crippen LogP contribution in [0.3, 0.4) is 0 Å². The minimum absolute atomic E-state index is 0.474. The second-order valence-electron chi connectivity index (χ2n) is 6.14. The normalized spacial score (nSPS) is 11.3. The van der Waals surface area contributed by atoms with Gasteiger partial charge < -0.3 is 14.8 Å². The predicted octanol–water partition coefficient (Wildman–Crippen LogP) is 4.02. The van der Waals surface area contributed by atoms with E-state index < -0.39 is 0 Å². The van der Waals surface area contributed by atoms with Gasteiger partial charge in [-0.25, -0.2) is 0 Å². The largest absolute Gasteiger partial charge is 0.491 e. The first-order chi connectivity index (χ1) is 10.1. The fraction of sp³-hybridized carbons (Fsp3) is 0.667. The second-order valence-corrected chi connectivity index (χ2v) is 6.14. The highest BCUT2D eigenvalue weighted by molar-refractivity contribution is 5.33. The molecule has 0 amide bonds. The van der Waals surface area contributed by atoms with E-state index in [-0.39, 0.29) is 0 Å². The molecule has 1 aromatic rings. The van der Waals surface area contributed by atoms with Crippen LogP contribution in [-0.2, 0) is 11.3 Å². The molecular formula is C18H31NO2. The summed E-state index contributed by atoms with van der Waals surface area (Å²) in [5.41, 5.74) is 1.20. The Morgan fingerprint density at radius 3 is 2.48 bits per heavy atom. The third-order valence-electron chi connectivity index (χ3n) is 3.23. The molecule has 0 aromatic heterocycles. The number of hydrogen-bond donors (Lipinski definition) is 1. The summed E-state index contributed by atoms with van der Waals surface area (Å²) in [5, 5.41) is 3.42. The maximum absolute atomic E-state index is 5.83. The molecule has 0 spiro atoms. The van der Waals surface area contributed by atoms with E-state index >= 15 is 0 Å². The number of ether oxygens (including phenoxy) is 2. The predicted molar refractivity (Wildman–Crippen MR) is 88.8 cm³/mol. The van der Waals surface area contributed by atoms with Gasteiger partial charge in [-0.15, -0.1) is 0 Å². The van der Waals surface area contributed by atoms with Crippen LogP contribution in [0.2, 0.25) is 0 Å². The number of para-hydroxylation sites is 1. The summed E-state index contributed by atoms with van der Waals surface area (Å²) in [6, 6.07) is 8.66. The molecule has 1 aromatic carbocycles. The lowest BCUT2D eigenvalue weighted by Gasteiger charge is -2.14. The topological polar surface area (TPSA) is 30.5 Å². The van der Waals surface area contributed by atoms with Crippen LogP contribution in [0.5, 0.6) is 5.75 Å². The quantitative estimate of drug-likeness (QED) is 0.625. The first-order valence-corrected chi connectivity index (χ1v) is 8.11. The molecule has 3 nitrogen and oxygen atoms in total. The Labute approximate surface area is 130 Å². The molecule has 120 valence electrons. The van der Waals surface area contributed by atoms with Crippen molar-refractivity contribution in [3.63, 3.8) is 0 Å². The molecule has 0 fully saturated rings. The van der Waals surface area contributed by atoms with Crippen LogP contribution in [0, 0.1) is 5.92 Å². The van der Waals surface area contributed by atoms with Gasteiger partial charge in [-0.1, -0.05) is 45.9 Å². The van der Waals surface area contributed by atoms with Gasteiger partial charge in [0.1, 0.15) is 12.4 Å². The van der Waals surface area contributed by atoms with Crippen molar-refractivity contribution in [2.24, 2.45) is 5.92 Å². The molecule has 0 atom stereocenters. The minimum atomic E-state index is 0.474. The number of nitrogens with one attached hydrogen (secondary N) is 1. The zero-order valence-corrected chi connectivity index (χ0v) is 14.0. The van der Waals surface area contributed by atoms with Gasteiger partial charge in [-0.05, 0) is 24.8 Å². The molecule has 21 heavy (non-hydrogen) atoms. The van der Waals surface area contributed by atoms with Crippen molar-refractivity contribution in [2.75, 3.05) is 19.8 Å². The first kappa shape index (κ1) is 18.0. The lowest BCUT2D eigenvalue weighted by atomic mass is 10.1. The van der Waals surface area contributed by atoms with E-state index in [1.165, 1.54) is 12.0 Å². The number of benzene rings is 1. The van der Waals surface area contributed by atoms with Crippen LogP contribution in [0.1, 0.15) is 46.1 Å². The maximum Gasteiger partial charge on any atom is 0.123 e. The molecule has 0 aliphatic carbocycles. The summed E-state index contributed by atoms with van der Waals surface area (Å²) in [7, 11) is 0. The fourth-order valence-electron chi connectivity index (χ4n) is 2.01. The fourth-order valence-corrected chi connectivity index (χ4v) is 2.01. The standard InChI is InChI=1S/C18H31NO2/c1-15(2)8-7-11-20-12-13-21-18-10-6-5-9-17(18)14-19-16(3)4/h5-6,9-10,15-16,19H,7-8,11-14H2,1-4H3. The summed E-state index contributed by atoms with van der Waals surface area (Å²) < 4.78 is 11.4. The molecule has 1 N–H and O–H groups in total. The average Bonchev–Trinajstić information content (AvgIpc) is 2.44. The lowest BCUT2D eigenvalue weighted by molar-refractivity contribution is 0.0954. The summed E-state index contributed by atoms with van der Waals surface area (Å²) in [6.07, 6.45) is 2.36. The molecule has 0 radical (unpaired) electrons. The highest BCUT2D eigenvalue weighted by Gasteiger charge is 2.03. The van der Waals surface area contributed by atoms with Gasteiger partial charge >= 0.3 is 0 Å². The average molecular weight is 293 g/mol. The van der Waals surface area contributed by atoms with Crippen molar-refractivity contribution < 1.29 is 9.47 Å². The van der Waals surface area contributed by atoms with Gasteiger partial charge in [0.25, 0.3) is 0 Å². The molecule has 0 saturated carbocycles. The summed E-state index contributed by atoms with van der Waals surface area (Å²) in [4.78, 5) is 0. The van der Waals surface area contributed by atoms with Crippen molar-refractivity contribution in [3.8, 4) is 5.75 Å². The van der Waals surface area contributed by atoms with Crippen molar-refractivity contribution in [1.29, 1.82) is 0 Å². The third kappa shape index (κ3) is 8.74. The zero-order valence-electron chi connectivity index (χ0n) is 14.0. The lowest BCUT2D eigenvalue weighted by Crippen LogP contribution is -2.22.